The van der Waals surface area contributed by atoms with Crippen LogP contribution >= 0.6 is 0 Å². The lowest BCUT2D eigenvalue weighted by atomic mass is 9.93. The van der Waals surface area contributed by atoms with E-state index in [-0.39, 0.29) is 22.7 Å². The molecule has 1 amide bonds. The maximum Gasteiger partial charge on any atom is 0.387 e. The minimum Gasteiger partial charge on any atom is -0.433 e. The van der Waals surface area contributed by atoms with Crippen molar-refractivity contribution in [1.82, 2.24) is 14.6 Å². The van der Waals surface area contributed by atoms with Crippen LogP contribution in [0.1, 0.15) is 23.0 Å². The lowest BCUT2D eigenvalue weighted by molar-refractivity contribution is -0.0500. The zero-order chi connectivity index (χ0) is 23.0. The maximum absolute atomic E-state index is 14.6. The number of pyridine rings is 1. The molecule has 1 aromatic heterocycles. The van der Waals surface area contributed by atoms with Gasteiger partial charge in [-0.05, 0) is 37.3 Å². The molecule has 0 radical (unpaired) electrons. The normalized spacial score (nSPS) is 20.3. The predicted molar refractivity (Wildman–Crippen MR) is 105 cm³/mol. The average molecular weight is 457 g/mol. The van der Waals surface area contributed by atoms with Crippen molar-refractivity contribution in [2.24, 2.45) is 0 Å². The van der Waals surface area contributed by atoms with Crippen molar-refractivity contribution in [2.75, 3.05) is 18.1 Å². The molecule has 1 saturated heterocycles. The Kier molecular flexibility index (Phi) is 5.81. The van der Waals surface area contributed by atoms with Gasteiger partial charge in [0.05, 0.1) is 17.5 Å². The van der Waals surface area contributed by atoms with E-state index >= 15 is 0 Å². The summed E-state index contributed by atoms with van der Waals surface area (Å²) in [5, 5.41) is 13.0. The lowest BCUT2D eigenvalue weighted by Crippen LogP contribution is -2.61. The Morgan fingerprint density at radius 3 is 2.65 bits per heavy atom. The van der Waals surface area contributed by atoms with Crippen LogP contribution in [0.2, 0.25) is 0 Å². The molecule has 9 nitrogen and oxygen atoms in total. The van der Waals surface area contributed by atoms with Crippen LogP contribution in [-0.2, 0) is 15.6 Å². The molecule has 3 N–H and O–H groups in total. The molecule has 0 aliphatic carbocycles. The Labute approximate surface area is 175 Å². The van der Waals surface area contributed by atoms with E-state index in [2.05, 4.69) is 20.4 Å². The number of halogens is 3. The summed E-state index contributed by atoms with van der Waals surface area (Å²) in [6, 6.07) is 5.89. The molecular formula is C18H18F3N5O4S. The van der Waals surface area contributed by atoms with Crippen molar-refractivity contribution < 1.29 is 31.1 Å². The summed E-state index contributed by atoms with van der Waals surface area (Å²) in [5.74, 6) is -2.59. The number of carbonyl (C=O) groups excluding carboxylic acids is 1. The fourth-order valence-corrected chi connectivity index (χ4v) is 4.50. The predicted octanol–water partition coefficient (Wildman–Crippen LogP) is 2.09. The molecule has 1 aliphatic rings. The van der Waals surface area contributed by atoms with Gasteiger partial charge in [-0.1, -0.05) is 0 Å². The molecule has 0 saturated carbocycles. The van der Waals surface area contributed by atoms with E-state index in [9.17, 15) is 26.4 Å². The number of alkyl halides is 2. The minimum atomic E-state index is -3.86. The van der Waals surface area contributed by atoms with Gasteiger partial charge in [-0.3, -0.25) is 10.2 Å². The minimum absolute atomic E-state index is 0.0691. The summed E-state index contributed by atoms with van der Waals surface area (Å²) >= 11 is 0. The Balaban J connectivity index is 1.84. The second-order valence-electron chi connectivity index (χ2n) is 6.94. The highest BCUT2D eigenvalue weighted by molar-refractivity contribution is 7.89. The number of guanidine groups is 1. The molecule has 2 aromatic rings. The monoisotopic (exact) mass is 457 g/mol. The van der Waals surface area contributed by atoms with Gasteiger partial charge >= 0.3 is 6.61 Å². The molecule has 1 aliphatic heterocycles. The zero-order valence-electron chi connectivity index (χ0n) is 16.3. The highest BCUT2D eigenvalue weighted by Crippen LogP contribution is 2.31. The first-order chi connectivity index (χ1) is 14.4. The number of ether oxygens (including phenoxy) is 1. The fraction of sp³-hybridized carbons (Fsp3) is 0.278. The largest absolute Gasteiger partial charge is 0.433 e. The topological polar surface area (TPSA) is 124 Å². The van der Waals surface area contributed by atoms with E-state index in [0.717, 1.165) is 22.6 Å². The van der Waals surface area contributed by atoms with Gasteiger partial charge in [-0.15, -0.1) is 0 Å². The molecule has 166 valence electrons. The number of hydrogen-bond acceptors (Lipinski definition) is 6. The molecule has 1 fully saturated rings. The highest BCUT2D eigenvalue weighted by atomic mass is 32.2. The molecule has 0 spiro atoms. The highest BCUT2D eigenvalue weighted by Gasteiger charge is 2.43. The summed E-state index contributed by atoms with van der Waals surface area (Å²) in [4.78, 5) is 16.1. The summed E-state index contributed by atoms with van der Waals surface area (Å²) in [7, 11) is -2.65. The molecule has 1 aromatic carbocycles. The first-order valence-electron chi connectivity index (χ1n) is 8.77. The molecule has 2 heterocycles. The summed E-state index contributed by atoms with van der Waals surface area (Å²) in [5.41, 5.74) is -1.50. The molecule has 0 bridgehead atoms. The third-order valence-electron chi connectivity index (χ3n) is 4.61. The van der Waals surface area contributed by atoms with Crippen molar-refractivity contribution in [3.05, 3.63) is 53.6 Å². The van der Waals surface area contributed by atoms with Gasteiger partial charge in [0, 0.05) is 18.3 Å². The van der Waals surface area contributed by atoms with E-state index in [1.54, 1.807) is 0 Å². The number of hydrogen-bond donors (Lipinski definition) is 3. The number of anilines is 1. The van der Waals surface area contributed by atoms with E-state index in [1.165, 1.54) is 32.2 Å². The number of rotatable bonds is 5. The standard InChI is InChI=1S/C18H18F3N5O4S/c1-18(9-31(28,29)26(2)17(22)25-18)12-7-10(3-5-13(12)19)24-15(27)14-6-4-11(8-23-14)30-16(20)21/h3-8,16H,9H2,1-2H3,(H2,22,25)(H,24,27)/t18-/m0/s1. The van der Waals surface area contributed by atoms with Gasteiger partial charge in [-0.25, -0.2) is 22.1 Å². The van der Waals surface area contributed by atoms with Crippen LogP contribution in [0.4, 0.5) is 18.9 Å². The average Bonchev–Trinajstić information content (AvgIpc) is 2.67. The number of sulfonamides is 1. The molecule has 1 atom stereocenters. The molecule has 0 unspecified atom stereocenters. The van der Waals surface area contributed by atoms with Crippen LogP contribution in [0.25, 0.3) is 0 Å². The number of benzene rings is 1. The van der Waals surface area contributed by atoms with Crippen LogP contribution in [0, 0.1) is 11.2 Å². The fourth-order valence-electron chi connectivity index (χ4n) is 3.03. The van der Waals surface area contributed by atoms with Crippen LogP contribution in [0.15, 0.2) is 36.5 Å². The Morgan fingerprint density at radius 2 is 2.06 bits per heavy atom. The third kappa shape index (κ3) is 4.71. The lowest BCUT2D eigenvalue weighted by Gasteiger charge is -2.40. The van der Waals surface area contributed by atoms with Crippen molar-refractivity contribution in [3.8, 4) is 5.75 Å². The summed E-state index contributed by atoms with van der Waals surface area (Å²) < 4.78 is 68.5. The summed E-state index contributed by atoms with van der Waals surface area (Å²) in [6.45, 7) is -1.60. The quantitative estimate of drug-likeness (QED) is 0.632. The maximum atomic E-state index is 14.6. The second-order valence-corrected chi connectivity index (χ2v) is 8.94. The van der Waals surface area contributed by atoms with E-state index < -0.39 is 45.6 Å². The number of nitrogens with zero attached hydrogens (tertiary/aromatic N) is 2. The number of nitrogens with one attached hydrogen (secondary N) is 3. The van der Waals surface area contributed by atoms with Gasteiger partial charge in [0.1, 0.15) is 17.3 Å². The van der Waals surface area contributed by atoms with Crippen molar-refractivity contribution in [2.45, 2.75) is 19.1 Å². The van der Waals surface area contributed by atoms with Crippen molar-refractivity contribution in [3.63, 3.8) is 0 Å². The van der Waals surface area contributed by atoms with Gasteiger partial charge in [0.2, 0.25) is 16.0 Å². The molecule has 31 heavy (non-hydrogen) atoms. The van der Waals surface area contributed by atoms with E-state index in [4.69, 9.17) is 5.41 Å². The van der Waals surface area contributed by atoms with Gasteiger partial charge in [0.25, 0.3) is 5.91 Å². The SMILES string of the molecule is CN1C(=N)N[C@](C)(c2cc(NC(=O)c3ccc(OC(F)F)cn3)ccc2F)CS1(=O)=O. The zero-order valence-corrected chi connectivity index (χ0v) is 17.1. The van der Waals surface area contributed by atoms with Gasteiger partial charge < -0.3 is 15.4 Å². The van der Waals surface area contributed by atoms with Gasteiger partial charge in [-0.2, -0.15) is 8.78 Å². The van der Waals surface area contributed by atoms with Gasteiger partial charge in [0.15, 0.2) is 0 Å². The van der Waals surface area contributed by atoms with Crippen LogP contribution in [0.3, 0.4) is 0 Å². The third-order valence-corrected chi connectivity index (χ3v) is 6.57. The first kappa shape index (κ1) is 22.3. The van der Waals surface area contributed by atoms with Crippen molar-refractivity contribution >= 4 is 27.6 Å². The molecule has 3 rings (SSSR count). The molecular weight excluding hydrogens is 439 g/mol. The number of aromatic nitrogens is 1. The second kappa shape index (κ2) is 8.06. The van der Waals surface area contributed by atoms with Crippen molar-refractivity contribution in [1.29, 1.82) is 5.41 Å². The van der Waals surface area contributed by atoms with Crippen LogP contribution in [0.5, 0.6) is 5.75 Å². The Morgan fingerprint density at radius 1 is 1.35 bits per heavy atom. The van der Waals surface area contributed by atoms with Crippen LogP contribution in [-0.4, -0.2) is 49.0 Å². The molecule has 13 heteroatoms. The Hall–Kier alpha value is -3.35. The summed E-state index contributed by atoms with van der Waals surface area (Å²) in [6.07, 6.45) is 0.955. The smallest absolute Gasteiger partial charge is 0.387 e. The van der Waals surface area contributed by atoms with E-state index in [1.807, 2.05) is 0 Å². The number of carbonyl (C=O) groups is 1. The van der Waals surface area contributed by atoms with Crippen LogP contribution < -0.4 is 15.4 Å². The number of amides is 1. The first-order valence-corrected chi connectivity index (χ1v) is 10.4. The van der Waals surface area contributed by atoms with E-state index in [0.29, 0.717) is 0 Å². The Bertz CT molecular complexity index is 1130.